The fourth-order valence-corrected chi connectivity index (χ4v) is 0.928. The van der Waals surface area contributed by atoms with Crippen LogP contribution >= 0.6 is 0 Å². The SMILES string of the molecule is CCC(C)(C)O[Si]CN. The van der Waals surface area contributed by atoms with E-state index in [2.05, 4.69) is 20.8 Å². The van der Waals surface area contributed by atoms with Crippen LogP contribution in [-0.2, 0) is 4.43 Å². The number of hydrogen-bond acceptors (Lipinski definition) is 2. The quantitative estimate of drug-likeness (QED) is 0.592. The summed E-state index contributed by atoms with van der Waals surface area (Å²) in [6, 6.07) is 0. The molecule has 0 rings (SSSR count). The predicted octanol–water partition coefficient (Wildman–Crippen LogP) is 0.727. The van der Waals surface area contributed by atoms with Crippen LogP contribution < -0.4 is 5.73 Å². The molecule has 54 valence electrons. The second-order valence-corrected chi connectivity index (χ2v) is 3.46. The largest absolute Gasteiger partial charge is 0.411 e. The van der Waals surface area contributed by atoms with E-state index in [1.807, 2.05) is 0 Å². The van der Waals surface area contributed by atoms with E-state index in [4.69, 9.17) is 10.2 Å². The third-order valence-corrected chi connectivity index (χ3v) is 2.15. The first kappa shape index (κ1) is 9.14. The van der Waals surface area contributed by atoms with Crippen molar-refractivity contribution in [3.63, 3.8) is 0 Å². The number of rotatable bonds is 4. The van der Waals surface area contributed by atoms with Gasteiger partial charge in [-0.3, -0.25) is 0 Å². The molecule has 9 heavy (non-hydrogen) atoms. The summed E-state index contributed by atoms with van der Waals surface area (Å²) in [4.78, 5) is 0. The van der Waals surface area contributed by atoms with Crippen LogP contribution in [0.5, 0.6) is 0 Å². The van der Waals surface area contributed by atoms with E-state index in [9.17, 15) is 0 Å². The van der Waals surface area contributed by atoms with Crippen LogP contribution in [-0.4, -0.2) is 21.5 Å². The Balaban J connectivity index is 3.33. The molecule has 0 aromatic rings. The molecule has 0 aliphatic rings. The molecule has 2 nitrogen and oxygen atoms in total. The first-order chi connectivity index (χ1) is 4.12. The molecular formula is C6H15NOSi. The second kappa shape index (κ2) is 4.03. The molecule has 0 aliphatic heterocycles. The average molecular weight is 145 g/mol. The van der Waals surface area contributed by atoms with Crippen molar-refractivity contribution in [2.45, 2.75) is 32.8 Å². The minimum absolute atomic E-state index is 0.0256. The molecule has 0 aromatic carbocycles. The summed E-state index contributed by atoms with van der Waals surface area (Å²) in [5.74, 6) is 0. The first-order valence-electron chi connectivity index (χ1n) is 3.23. The van der Waals surface area contributed by atoms with Gasteiger partial charge in [0.05, 0.1) is 5.60 Å². The van der Waals surface area contributed by atoms with E-state index in [1.165, 1.54) is 0 Å². The van der Waals surface area contributed by atoms with Gasteiger partial charge in [0.25, 0.3) is 0 Å². The van der Waals surface area contributed by atoms with Gasteiger partial charge in [0.2, 0.25) is 9.76 Å². The molecular weight excluding hydrogens is 130 g/mol. The predicted molar refractivity (Wildman–Crippen MR) is 40.3 cm³/mol. The van der Waals surface area contributed by atoms with Gasteiger partial charge in [0.15, 0.2) is 0 Å². The minimum Gasteiger partial charge on any atom is -0.411 e. The fourth-order valence-electron chi connectivity index (χ4n) is 0.309. The van der Waals surface area contributed by atoms with Gasteiger partial charge in [0, 0.05) is 6.17 Å². The van der Waals surface area contributed by atoms with Gasteiger partial charge < -0.3 is 10.2 Å². The highest BCUT2D eigenvalue weighted by molar-refractivity contribution is 6.27. The highest BCUT2D eigenvalue weighted by Gasteiger charge is 2.13. The second-order valence-electron chi connectivity index (χ2n) is 2.56. The lowest BCUT2D eigenvalue weighted by Crippen LogP contribution is -2.28. The lowest BCUT2D eigenvalue weighted by atomic mass is 10.1. The maximum absolute atomic E-state index is 5.43. The Labute approximate surface area is 59.7 Å². The Kier molecular flexibility index (Phi) is 4.09. The molecule has 0 aliphatic carbocycles. The average Bonchev–Trinajstić information content (AvgIpc) is 1.84. The van der Waals surface area contributed by atoms with Crippen LogP contribution in [0.3, 0.4) is 0 Å². The number of hydrogen-bond donors (Lipinski definition) is 1. The Hall–Kier alpha value is 0.137. The van der Waals surface area contributed by atoms with Gasteiger partial charge in [-0.25, -0.2) is 0 Å². The lowest BCUT2D eigenvalue weighted by molar-refractivity contribution is 0.111. The van der Waals surface area contributed by atoms with Crippen LogP contribution in [0.1, 0.15) is 27.2 Å². The minimum atomic E-state index is 0.0256. The smallest absolute Gasteiger partial charge is 0.245 e. The van der Waals surface area contributed by atoms with Crippen LogP contribution in [0.2, 0.25) is 0 Å². The van der Waals surface area contributed by atoms with Crippen LogP contribution in [0.15, 0.2) is 0 Å². The van der Waals surface area contributed by atoms with Crippen LogP contribution in [0.25, 0.3) is 0 Å². The summed E-state index contributed by atoms with van der Waals surface area (Å²) in [6.45, 7) is 6.27. The van der Waals surface area contributed by atoms with E-state index in [-0.39, 0.29) is 5.60 Å². The summed E-state index contributed by atoms with van der Waals surface area (Å²) in [5, 5.41) is 0. The Morgan fingerprint density at radius 3 is 2.44 bits per heavy atom. The molecule has 0 atom stereocenters. The third kappa shape index (κ3) is 4.63. The van der Waals surface area contributed by atoms with E-state index in [0.717, 1.165) is 6.42 Å². The standard InChI is InChI=1S/C6H15NOSi/c1-4-6(2,3)8-9-5-7/h4-5,7H2,1-3H3. The molecule has 0 saturated carbocycles. The van der Waals surface area contributed by atoms with Crippen LogP contribution in [0, 0.1) is 0 Å². The highest BCUT2D eigenvalue weighted by Crippen LogP contribution is 2.11. The zero-order valence-electron chi connectivity index (χ0n) is 6.40. The van der Waals surface area contributed by atoms with Crippen molar-refractivity contribution in [3.8, 4) is 0 Å². The zero-order chi connectivity index (χ0) is 7.33. The van der Waals surface area contributed by atoms with Crippen molar-refractivity contribution in [1.82, 2.24) is 0 Å². The normalized spacial score (nSPS) is 12.0. The molecule has 2 radical (unpaired) electrons. The Morgan fingerprint density at radius 1 is 1.56 bits per heavy atom. The van der Waals surface area contributed by atoms with Crippen molar-refractivity contribution in [1.29, 1.82) is 0 Å². The summed E-state index contributed by atoms with van der Waals surface area (Å²) in [6.07, 6.45) is 1.68. The Bertz CT molecular complexity index is 75.5. The molecule has 0 heterocycles. The molecule has 0 fully saturated rings. The van der Waals surface area contributed by atoms with Gasteiger partial charge in [-0.1, -0.05) is 6.92 Å². The van der Waals surface area contributed by atoms with Gasteiger partial charge >= 0.3 is 0 Å². The van der Waals surface area contributed by atoms with Gasteiger partial charge in [-0.2, -0.15) is 0 Å². The van der Waals surface area contributed by atoms with E-state index in [0.29, 0.717) is 15.9 Å². The van der Waals surface area contributed by atoms with Crippen molar-refractivity contribution in [2.75, 3.05) is 6.17 Å². The van der Waals surface area contributed by atoms with Gasteiger partial charge in [-0.15, -0.1) is 0 Å². The van der Waals surface area contributed by atoms with E-state index < -0.39 is 0 Å². The van der Waals surface area contributed by atoms with Crippen molar-refractivity contribution < 1.29 is 4.43 Å². The maximum atomic E-state index is 5.43. The summed E-state index contributed by atoms with van der Waals surface area (Å²) in [7, 11) is 0.451. The number of nitrogens with two attached hydrogens (primary N) is 1. The molecule has 0 bridgehead atoms. The van der Waals surface area contributed by atoms with E-state index >= 15 is 0 Å². The molecule has 0 amide bonds. The molecule has 3 heteroatoms. The molecule has 0 saturated heterocycles. The fraction of sp³-hybridized carbons (Fsp3) is 1.00. The Morgan fingerprint density at radius 2 is 2.11 bits per heavy atom. The first-order valence-corrected chi connectivity index (χ1v) is 4.35. The molecule has 0 spiro atoms. The molecule has 0 unspecified atom stereocenters. The summed E-state index contributed by atoms with van der Waals surface area (Å²) in [5.41, 5.74) is 5.30. The van der Waals surface area contributed by atoms with Crippen molar-refractivity contribution >= 4 is 9.76 Å². The zero-order valence-corrected chi connectivity index (χ0v) is 7.40. The monoisotopic (exact) mass is 145 g/mol. The summed E-state index contributed by atoms with van der Waals surface area (Å²) >= 11 is 0. The van der Waals surface area contributed by atoms with E-state index in [1.54, 1.807) is 0 Å². The maximum Gasteiger partial charge on any atom is 0.245 e. The molecule has 0 aromatic heterocycles. The highest BCUT2D eigenvalue weighted by atomic mass is 28.2. The van der Waals surface area contributed by atoms with Gasteiger partial charge in [0.1, 0.15) is 0 Å². The van der Waals surface area contributed by atoms with Crippen LogP contribution in [0.4, 0.5) is 0 Å². The van der Waals surface area contributed by atoms with Crippen molar-refractivity contribution in [2.24, 2.45) is 5.73 Å². The summed E-state index contributed by atoms with van der Waals surface area (Å²) < 4.78 is 5.43. The molecule has 2 N–H and O–H groups in total. The van der Waals surface area contributed by atoms with Crippen molar-refractivity contribution in [3.05, 3.63) is 0 Å². The van der Waals surface area contributed by atoms with Gasteiger partial charge in [-0.05, 0) is 20.3 Å². The third-order valence-electron chi connectivity index (χ3n) is 1.28. The topological polar surface area (TPSA) is 35.2 Å². The lowest BCUT2D eigenvalue weighted by Gasteiger charge is -2.22.